The van der Waals surface area contributed by atoms with E-state index in [1.165, 1.54) is 12.1 Å². The van der Waals surface area contributed by atoms with Crippen LogP contribution in [0, 0.1) is 10.1 Å². The maximum absolute atomic E-state index is 13.1. The predicted octanol–water partition coefficient (Wildman–Crippen LogP) is 1.98. The van der Waals surface area contributed by atoms with Crippen molar-refractivity contribution in [1.82, 2.24) is 15.5 Å². The number of carbonyl (C=O) groups excluding carboxylic acids is 1. The van der Waals surface area contributed by atoms with E-state index in [-0.39, 0.29) is 18.4 Å². The van der Waals surface area contributed by atoms with Crippen molar-refractivity contribution in [2.45, 2.75) is 26.8 Å². The van der Waals surface area contributed by atoms with Crippen LogP contribution < -0.4 is 20.1 Å². The number of nitrogens with zero attached hydrogens (tertiary/aromatic N) is 2. The van der Waals surface area contributed by atoms with E-state index in [4.69, 9.17) is 21.7 Å². The number of amides is 1. The summed E-state index contributed by atoms with van der Waals surface area (Å²) in [6.45, 7) is 6.52. The van der Waals surface area contributed by atoms with Gasteiger partial charge in [0.15, 0.2) is 16.6 Å². The van der Waals surface area contributed by atoms with E-state index in [0.717, 1.165) is 0 Å². The van der Waals surface area contributed by atoms with Crippen LogP contribution in [0.4, 0.5) is 5.69 Å². The van der Waals surface area contributed by atoms with Gasteiger partial charge in [-0.05, 0) is 39.1 Å². The molecule has 0 saturated heterocycles. The first-order valence-electron chi connectivity index (χ1n) is 8.52. The van der Waals surface area contributed by atoms with Crippen molar-refractivity contribution in [1.29, 1.82) is 0 Å². The average molecular weight is 392 g/mol. The zero-order valence-corrected chi connectivity index (χ0v) is 16.0. The van der Waals surface area contributed by atoms with Crippen LogP contribution in [0.1, 0.15) is 32.4 Å². The third-order valence-electron chi connectivity index (χ3n) is 4.58. The molecule has 2 heterocycles. The molecule has 2 aliphatic heterocycles. The van der Waals surface area contributed by atoms with Gasteiger partial charge in [0.05, 0.1) is 28.2 Å². The summed E-state index contributed by atoms with van der Waals surface area (Å²) in [5.41, 5.74) is 1.07. The molecule has 0 spiro atoms. The molecule has 10 heteroatoms. The highest BCUT2D eigenvalue weighted by molar-refractivity contribution is 7.80. The Hall–Kier alpha value is -2.88. The Morgan fingerprint density at radius 3 is 2.56 bits per heavy atom. The minimum Gasteiger partial charge on any atom is -0.454 e. The minimum absolute atomic E-state index is 0.00585. The summed E-state index contributed by atoms with van der Waals surface area (Å²) in [7, 11) is 0. The molecule has 0 radical (unpaired) electrons. The number of hydrogen-bond donors (Lipinski definition) is 2. The Morgan fingerprint density at radius 1 is 1.33 bits per heavy atom. The number of nitro benzene ring substituents is 1. The normalized spacial score (nSPS) is 18.0. The molecular formula is C17H20N4O5S. The van der Waals surface area contributed by atoms with Crippen LogP contribution in [0.25, 0.3) is 0 Å². The van der Waals surface area contributed by atoms with Gasteiger partial charge in [-0.1, -0.05) is 0 Å². The smallest absolute Gasteiger partial charge is 0.279 e. The van der Waals surface area contributed by atoms with Crippen LogP contribution in [0.15, 0.2) is 23.4 Å². The van der Waals surface area contributed by atoms with Gasteiger partial charge in [-0.15, -0.1) is 0 Å². The zero-order chi connectivity index (χ0) is 19.7. The Labute approximate surface area is 161 Å². The second kappa shape index (κ2) is 7.39. The number of rotatable bonds is 5. The highest BCUT2D eigenvalue weighted by atomic mass is 32.1. The molecule has 3 rings (SSSR count). The van der Waals surface area contributed by atoms with Gasteiger partial charge in [0.25, 0.3) is 11.6 Å². The number of thiocarbonyl (C=S) groups is 1. The van der Waals surface area contributed by atoms with Crippen LogP contribution in [0.5, 0.6) is 11.5 Å². The van der Waals surface area contributed by atoms with Crippen molar-refractivity contribution >= 4 is 28.9 Å². The van der Waals surface area contributed by atoms with Crippen LogP contribution in [-0.2, 0) is 4.79 Å². The van der Waals surface area contributed by atoms with E-state index in [0.29, 0.717) is 46.5 Å². The molecule has 0 aliphatic carbocycles. The summed E-state index contributed by atoms with van der Waals surface area (Å²) in [6.07, 6.45) is 0. The molecule has 2 N–H and O–H groups in total. The van der Waals surface area contributed by atoms with Gasteiger partial charge in [-0.25, -0.2) is 0 Å². The Morgan fingerprint density at radius 2 is 1.96 bits per heavy atom. The van der Waals surface area contributed by atoms with Crippen molar-refractivity contribution in [3.8, 4) is 11.5 Å². The molecule has 2 aliphatic rings. The summed E-state index contributed by atoms with van der Waals surface area (Å²) < 4.78 is 10.6. The molecule has 0 fully saturated rings. The fourth-order valence-electron chi connectivity index (χ4n) is 3.23. The van der Waals surface area contributed by atoms with Crippen molar-refractivity contribution in [2.24, 2.45) is 0 Å². The molecule has 0 saturated carbocycles. The molecule has 1 aromatic carbocycles. The van der Waals surface area contributed by atoms with Crippen molar-refractivity contribution in [3.63, 3.8) is 0 Å². The molecule has 0 aromatic heterocycles. The molecule has 27 heavy (non-hydrogen) atoms. The van der Waals surface area contributed by atoms with Crippen LogP contribution in [0.3, 0.4) is 0 Å². The van der Waals surface area contributed by atoms with E-state index in [1.54, 1.807) is 11.8 Å². The monoisotopic (exact) mass is 392 g/mol. The largest absolute Gasteiger partial charge is 0.454 e. The van der Waals surface area contributed by atoms with E-state index >= 15 is 0 Å². The lowest BCUT2D eigenvalue weighted by Gasteiger charge is -2.32. The van der Waals surface area contributed by atoms with Crippen molar-refractivity contribution < 1.29 is 19.2 Å². The Bertz CT molecular complexity index is 850. The topological polar surface area (TPSA) is 106 Å². The SMILES string of the molecule is CCN(CC)C(=O)C1=C(C)NC(=S)N[C@@H]1c1cc2c(cc1[N+](=O)[O-])OCO2. The third-order valence-corrected chi connectivity index (χ3v) is 4.80. The maximum atomic E-state index is 13.1. The highest BCUT2D eigenvalue weighted by Crippen LogP contribution is 2.42. The number of nitrogens with one attached hydrogen (secondary N) is 2. The molecular weight excluding hydrogens is 372 g/mol. The number of carbonyl (C=O) groups is 1. The summed E-state index contributed by atoms with van der Waals surface area (Å²) >= 11 is 5.22. The molecule has 9 nitrogen and oxygen atoms in total. The van der Waals surface area contributed by atoms with Crippen LogP contribution >= 0.6 is 12.2 Å². The second-order valence-electron chi connectivity index (χ2n) is 6.07. The number of allylic oxidation sites excluding steroid dienone is 1. The summed E-state index contributed by atoms with van der Waals surface area (Å²) in [5.74, 6) is 0.491. The van der Waals surface area contributed by atoms with E-state index in [9.17, 15) is 14.9 Å². The first kappa shape index (κ1) is 18.9. The van der Waals surface area contributed by atoms with Crippen LogP contribution in [0.2, 0.25) is 0 Å². The first-order valence-corrected chi connectivity index (χ1v) is 8.93. The van der Waals surface area contributed by atoms with Crippen LogP contribution in [-0.4, -0.2) is 40.7 Å². The number of hydrogen-bond acceptors (Lipinski definition) is 6. The van der Waals surface area contributed by atoms with Gasteiger partial charge in [-0.2, -0.15) is 0 Å². The average Bonchev–Trinajstić information content (AvgIpc) is 3.08. The Kier molecular flexibility index (Phi) is 5.17. The van der Waals surface area contributed by atoms with E-state index in [1.807, 2.05) is 13.8 Å². The fraction of sp³-hybridized carbons (Fsp3) is 0.412. The number of likely N-dealkylation sites (N-methyl/N-ethyl adjacent to an activating group) is 1. The quantitative estimate of drug-likeness (QED) is 0.445. The number of ether oxygens (including phenoxy) is 2. The van der Waals surface area contributed by atoms with Gasteiger partial charge in [0.1, 0.15) is 0 Å². The van der Waals surface area contributed by atoms with E-state index in [2.05, 4.69) is 10.6 Å². The lowest BCUT2D eigenvalue weighted by molar-refractivity contribution is -0.385. The standard InChI is InChI=1S/C17H20N4O5S/c1-4-20(5-2)16(22)14-9(3)18-17(27)19-15(14)10-6-12-13(26-8-25-12)7-11(10)21(23)24/h6-7,15H,4-5,8H2,1-3H3,(H2,18,19,27)/t15-/m1/s1. The van der Waals surface area contributed by atoms with Crippen molar-refractivity contribution in [2.75, 3.05) is 19.9 Å². The zero-order valence-electron chi connectivity index (χ0n) is 15.2. The summed E-state index contributed by atoms with van der Waals surface area (Å²) in [5, 5.41) is 17.9. The fourth-order valence-corrected chi connectivity index (χ4v) is 3.50. The van der Waals surface area contributed by atoms with Gasteiger partial charge in [-0.3, -0.25) is 14.9 Å². The highest BCUT2D eigenvalue weighted by Gasteiger charge is 2.37. The molecule has 1 atom stereocenters. The second-order valence-corrected chi connectivity index (χ2v) is 6.48. The Balaban J connectivity index is 2.16. The van der Waals surface area contributed by atoms with Gasteiger partial charge in [0, 0.05) is 18.8 Å². The molecule has 144 valence electrons. The van der Waals surface area contributed by atoms with Gasteiger partial charge >= 0.3 is 0 Å². The lowest BCUT2D eigenvalue weighted by Crippen LogP contribution is -2.47. The molecule has 0 bridgehead atoms. The predicted molar refractivity (Wildman–Crippen MR) is 101 cm³/mol. The minimum atomic E-state index is -0.776. The number of benzene rings is 1. The third kappa shape index (κ3) is 3.39. The van der Waals surface area contributed by atoms with E-state index < -0.39 is 11.0 Å². The number of nitro groups is 1. The van der Waals surface area contributed by atoms with Gasteiger partial charge in [0.2, 0.25) is 6.79 Å². The molecule has 0 unspecified atom stereocenters. The lowest BCUT2D eigenvalue weighted by atomic mass is 9.93. The number of fused-ring (bicyclic) bond motifs is 1. The van der Waals surface area contributed by atoms with Crippen molar-refractivity contribution in [3.05, 3.63) is 39.1 Å². The first-order chi connectivity index (χ1) is 12.9. The van der Waals surface area contributed by atoms with Gasteiger partial charge < -0.3 is 25.0 Å². The molecule has 1 amide bonds. The summed E-state index contributed by atoms with van der Waals surface area (Å²) in [6, 6.07) is 2.08. The molecule has 1 aromatic rings. The maximum Gasteiger partial charge on any atom is 0.279 e. The summed E-state index contributed by atoms with van der Waals surface area (Å²) in [4.78, 5) is 25.9.